The highest BCUT2D eigenvalue weighted by atomic mass is 32.2. The number of amides is 1. The summed E-state index contributed by atoms with van der Waals surface area (Å²) in [5.41, 5.74) is 0.833. The first-order chi connectivity index (χ1) is 9.79. The van der Waals surface area contributed by atoms with E-state index in [9.17, 15) is 4.79 Å². The molecule has 0 fully saturated rings. The average Bonchev–Trinajstić information content (AvgIpc) is 2.97. The molecule has 0 aliphatic heterocycles. The van der Waals surface area contributed by atoms with Crippen molar-refractivity contribution in [3.8, 4) is 0 Å². The molecule has 0 saturated heterocycles. The molecule has 2 aromatic rings. The number of thioether (sulfide) groups is 1. The van der Waals surface area contributed by atoms with E-state index in [2.05, 4.69) is 11.9 Å². The first kappa shape index (κ1) is 14.6. The van der Waals surface area contributed by atoms with Gasteiger partial charge < -0.3 is 5.32 Å². The van der Waals surface area contributed by atoms with Gasteiger partial charge in [0.1, 0.15) is 0 Å². The van der Waals surface area contributed by atoms with Crippen LogP contribution in [-0.2, 0) is 4.79 Å². The smallest absolute Gasteiger partial charge is 0.248 e. The lowest BCUT2D eigenvalue weighted by Crippen LogP contribution is -2.08. The number of hydrogen-bond donors (Lipinski definition) is 1. The van der Waals surface area contributed by atoms with Crippen molar-refractivity contribution in [2.24, 2.45) is 0 Å². The summed E-state index contributed by atoms with van der Waals surface area (Å²) in [5.74, 6) is 0.697. The van der Waals surface area contributed by atoms with E-state index in [1.807, 2.05) is 53.9 Å². The Kier molecular flexibility index (Phi) is 5.65. The predicted octanol–water partition coefficient (Wildman–Crippen LogP) is 4.68. The van der Waals surface area contributed by atoms with Gasteiger partial charge in [0, 0.05) is 21.6 Å². The van der Waals surface area contributed by atoms with E-state index in [4.69, 9.17) is 0 Å². The van der Waals surface area contributed by atoms with E-state index in [0.29, 0.717) is 0 Å². The number of para-hydroxylation sites is 1. The zero-order chi connectivity index (χ0) is 14.2. The van der Waals surface area contributed by atoms with Gasteiger partial charge in [0.15, 0.2) is 0 Å². The summed E-state index contributed by atoms with van der Waals surface area (Å²) in [6, 6.07) is 11.7. The minimum absolute atomic E-state index is 0.120. The number of anilines is 1. The molecule has 20 heavy (non-hydrogen) atoms. The second-order valence-corrected chi connectivity index (χ2v) is 5.97. The van der Waals surface area contributed by atoms with Crippen LogP contribution in [0.5, 0.6) is 0 Å². The fraction of sp³-hybridized carbons (Fsp3) is 0.0625. The topological polar surface area (TPSA) is 29.1 Å². The van der Waals surface area contributed by atoms with Gasteiger partial charge in [-0.3, -0.25) is 4.79 Å². The van der Waals surface area contributed by atoms with E-state index < -0.39 is 0 Å². The van der Waals surface area contributed by atoms with Gasteiger partial charge in [-0.2, -0.15) is 0 Å². The van der Waals surface area contributed by atoms with Gasteiger partial charge in [-0.15, -0.1) is 29.7 Å². The average molecular weight is 301 g/mol. The van der Waals surface area contributed by atoms with Crippen LogP contribution in [-0.4, -0.2) is 11.7 Å². The highest BCUT2D eigenvalue weighted by Crippen LogP contribution is 2.26. The van der Waals surface area contributed by atoms with E-state index in [1.165, 1.54) is 0 Å². The van der Waals surface area contributed by atoms with Crippen LogP contribution in [0.25, 0.3) is 6.08 Å². The van der Waals surface area contributed by atoms with Gasteiger partial charge in [0.25, 0.3) is 0 Å². The molecule has 1 aromatic carbocycles. The number of carbonyl (C=O) groups is 1. The predicted molar refractivity (Wildman–Crippen MR) is 89.3 cm³/mol. The van der Waals surface area contributed by atoms with Gasteiger partial charge in [0.2, 0.25) is 5.91 Å². The molecule has 1 N–H and O–H groups in total. The maximum absolute atomic E-state index is 11.9. The van der Waals surface area contributed by atoms with Crippen LogP contribution in [0.4, 0.5) is 5.69 Å². The lowest BCUT2D eigenvalue weighted by Gasteiger charge is -2.08. The fourth-order valence-corrected chi connectivity index (χ4v) is 2.93. The van der Waals surface area contributed by atoms with Gasteiger partial charge in [0.05, 0.1) is 5.69 Å². The zero-order valence-corrected chi connectivity index (χ0v) is 12.5. The minimum atomic E-state index is -0.120. The quantitative estimate of drug-likeness (QED) is 0.477. The Morgan fingerprint density at radius 1 is 1.30 bits per heavy atom. The first-order valence-electron chi connectivity index (χ1n) is 6.15. The highest BCUT2D eigenvalue weighted by molar-refractivity contribution is 7.99. The van der Waals surface area contributed by atoms with Crippen LogP contribution < -0.4 is 5.32 Å². The molecule has 0 atom stereocenters. The van der Waals surface area contributed by atoms with Crippen LogP contribution in [0.1, 0.15) is 4.88 Å². The second-order valence-electron chi connectivity index (χ2n) is 3.93. The van der Waals surface area contributed by atoms with E-state index >= 15 is 0 Å². The van der Waals surface area contributed by atoms with Crippen LogP contribution in [0, 0.1) is 0 Å². The summed E-state index contributed by atoms with van der Waals surface area (Å²) in [6.07, 6.45) is 5.22. The molecule has 0 aliphatic carbocycles. The third kappa shape index (κ3) is 4.40. The molecule has 1 heterocycles. The molecule has 0 saturated carbocycles. The SMILES string of the molecule is C=CCSc1ccccc1NC(=O)C=Cc1cccs1. The molecule has 1 aromatic heterocycles. The molecule has 0 unspecified atom stereocenters. The molecule has 2 nitrogen and oxygen atoms in total. The van der Waals surface area contributed by atoms with Gasteiger partial charge in [-0.25, -0.2) is 0 Å². The fourth-order valence-electron chi connectivity index (χ4n) is 1.56. The standard InChI is InChI=1S/C16H15NOS2/c1-2-11-20-15-8-4-3-7-14(15)17-16(18)10-9-13-6-5-12-19-13/h2-10,12H,1,11H2,(H,17,18). The summed E-state index contributed by atoms with van der Waals surface area (Å²) >= 11 is 3.25. The summed E-state index contributed by atoms with van der Waals surface area (Å²) in [5, 5.41) is 4.89. The summed E-state index contributed by atoms with van der Waals surface area (Å²) in [7, 11) is 0. The van der Waals surface area contributed by atoms with Crippen molar-refractivity contribution < 1.29 is 4.79 Å². The van der Waals surface area contributed by atoms with Crippen molar-refractivity contribution in [1.29, 1.82) is 0 Å². The highest BCUT2D eigenvalue weighted by Gasteiger charge is 2.04. The monoisotopic (exact) mass is 301 g/mol. The maximum atomic E-state index is 11.9. The molecule has 0 aliphatic rings. The summed E-state index contributed by atoms with van der Waals surface area (Å²) in [4.78, 5) is 14.0. The number of thiophene rings is 1. The second kappa shape index (κ2) is 7.72. The largest absolute Gasteiger partial charge is 0.321 e. The first-order valence-corrected chi connectivity index (χ1v) is 8.01. The van der Waals surface area contributed by atoms with Crippen LogP contribution in [0.3, 0.4) is 0 Å². The minimum Gasteiger partial charge on any atom is -0.321 e. The van der Waals surface area contributed by atoms with Gasteiger partial charge >= 0.3 is 0 Å². The number of carbonyl (C=O) groups excluding carboxylic acids is 1. The lowest BCUT2D eigenvalue weighted by molar-refractivity contribution is -0.111. The number of hydrogen-bond acceptors (Lipinski definition) is 3. The molecule has 1 amide bonds. The normalized spacial score (nSPS) is 10.6. The maximum Gasteiger partial charge on any atom is 0.248 e. The molecule has 102 valence electrons. The Hall–Kier alpha value is -1.78. The summed E-state index contributed by atoms with van der Waals surface area (Å²) in [6.45, 7) is 3.71. The number of nitrogens with one attached hydrogen (secondary N) is 1. The molecule has 0 radical (unpaired) electrons. The van der Waals surface area contributed by atoms with Gasteiger partial charge in [-0.05, 0) is 29.7 Å². The van der Waals surface area contributed by atoms with Crippen LogP contribution >= 0.6 is 23.1 Å². The van der Waals surface area contributed by atoms with E-state index in [-0.39, 0.29) is 5.91 Å². The van der Waals surface area contributed by atoms with Crippen molar-refractivity contribution in [3.05, 3.63) is 65.4 Å². The van der Waals surface area contributed by atoms with E-state index in [1.54, 1.807) is 29.2 Å². The summed E-state index contributed by atoms with van der Waals surface area (Å²) < 4.78 is 0. The van der Waals surface area contributed by atoms with Crippen molar-refractivity contribution >= 4 is 40.8 Å². The Bertz CT molecular complexity index is 603. The Labute approximate surface area is 127 Å². The Morgan fingerprint density at radius 3 is 2.90 bits per heavy atom. The van der Waals surface area contributed by atoms with Crippen LogP contribution in [0.15, 0.2) is 65.4 Å². The zero-order valence-electron chi connectivity index (χ0n) is 10.9. The van der Waals surface area contributed by atoms with Crippen LogP contribution in [0.2, 0.25) is 0 Å². The third-order valence-electron chi connectivity index (χ3n) is 2.44. The van der Waals surface area contributed by atoms with Crippen molar-refractivity contribution in [2.75, 3.05) is 11.1 Å². The third-order valence-corrected chi connectivity index (χ3v) is 4.35. The molecule has 0 bridgehead atoms. The van der Waals surface area contributed by atoms with E-state index in [0.717, 1.165) is 21.2 Å². The van der Waals surface area contributed by atoms with Crippen molar-refractivity contribution in [1.82, 2.24) is 0 Å². The molecule has 0 spiro atoms. The molecular weight excluding hydrogens is 286 g/mol. The Morgan fingerprint density at radius 2 is 2.15 bits per heavy atom. The number of rotatable bonds is 6. The Balaban J connectivity index is 2.02. The van der Waals surface area contributed by atoms with Crippen molar-refractivity contribution in [2.45, 2.75) is 4.90 Å². The number of benzene rings is 1. The van der Waals surface area contributed by atoms with Crippen molar-refractivity contribution in [3.63, 3.8) is 0 Å². The molecule has 4 heteroatoms. The lowest BCUT2D eigenvalue weighted by atomic mass is 10.3. The molecule has 2 rings (SSSR count). The molecular formula is C16H15NOS2. The van der Waals surface area contributed by atoms with Gasteiger partial charge in [-0.1, -0.05) is 24.3 Å².